The molecule has 2 aromatic heterocycles. The van der Waals surface area contributed by atoms with E-state index in [0.717, 1.165) is 15.2 Å². The molecule has 19 heteroatoms. The quantitative estimate of drug-likeness (QED) is 0.250. The zero-order chi connectivity index (χ0) is 30.2. The number of fused-ring (bicyclic) bond motifs is 5. The molecule has 3 aliphatic rings. The van der Waals surface area contributed by atoms with Crippen LogP contribution in [-0.4, -0.2) is 100.0 Å². The van der Waals surface area contributed by atoms with Gasteiger partial charge in [-0.15, -0.1) is 0 Å². The summed E-state index contributed by atoms with van der Waals surface area (Å²) in [5.74, 6) is 0. The van der Waals surface area contributed by atoms with Crippen LogP contribution in [0, 0.1) is 0 Å². The van der Waals surface area contributed by atoms with Gasteiger partial charge in [0, 0.05) is 38.2 Å². The number of ether oxygens (including phenoxy) is 4. The lowest BCUT2D eigenvalue weighted by molar-refractivity contribution is -0.0643. The molecule has 0 saturated carbocycles. The molecule has 4 bridgehead atoms. The smallest absolute Gasteiger partial charge is 0.330 e. The van der Waals surface area contributed by atoms with Crippen LogP contribution in [-0.2, 0) is 50.7 Å². The van der Waals surface area contributed by atoms with Gasteiger partial charge in [0.25, 0.3) is 11.1 Å². The Morgan fingerprint density at radius 3 is 2.43 bits per heavy atom. The van der Waals surface area contributed by atoms with Gasteiger partial charge in [0.2, 0.25) is 0 Å². The number of aryl methyl sites for hydroxylation is 1. The summed E-state index contributed by atoms with van der Waals surface area (Å²) in [4.78, 5) is 53.5. The van der Waals surface area contributed by atoms with Crippen molar-refractivity contribution in [2.24, 2.45) is 0 Å². The number of aliphatic hydroxyl groups excluding tert-OH is 2. The number of aromatic nitrogens is 4. The first-order valence-corrected chi connectivity index (χ1v) is 15.5. The fraction of sp³-hybridized carbons (Fsp3) is 0.652. The molecule has 3 aliphatic heterocycles. The highest BCUT2D eigenvalue weighted by Crippen LogP contribution is 2.54. The Balaban J connectivity index is 1.43. The second-order valence-electron chi connectivity index (χ2n) is 9.79. The summed E-state index contributed by atoms with van der Waals surface area (Å²) >= 11 is 5.71. The lowest BCUT2D eigenvalue weighted by Gasteiger charge is -2.30. The van der Waals surface area contributed by atoms with Crippen LogP contribution in [0.4, 0.5) is 0 Å². The lowest BCUT2D eigenvalue weighted by Crippen LogP contribution is -2.40. The predicted octanol–water partition coefficient (Wildman–Crippen LogP) is -2.15. The summed E-state index contributed by atoms with van der Waals surface area (Å²) in [6, 6.07) is 1.13. The normalized spacial score (nSPS) is 35.3. The summed E-state index contributed by atoms with van der Waals surface area (Å²) in [6.45, 7) is -4.63. The number of aliphatic hydroxyl groups is 2. The third-order valence-electron chi connectivity index (χ3n) is 7.25. The Labute approximate surface area is 242 Å². The molecule has 17 nitrogen and oxygen atoms in total. The molecular formula is C23H31N4O13PS. The second-order valence-corrected chi connectivity index (χ2v) is 12.8. The van der Waals surface area contributed by atoms with E-state index < -0.39 is 84.9 Å². The molecule has 9 atom stereocenters. The van der Waals surface area contributed by atoms with Crippen LogP contribution in [0.1, 0.15) is 24.4 Å². The molecule has 2 saturated heterocycles. The van der Waals surface area contributed by atoms with E-state index in [1.54, 1.807) is 0 Å². The highest BCUT2D eigenvalue weighted by atomic mass is 32.5. The van der Waals surface area contributed by atoms with Gasteiger partial charge in [-0.3, -0.25) is 33.2 Å². The predicted molar refractivity (Wildman–Crippen MR) is 145 cm³/mol. The van der Waals surface area contributed by atoms with Crippen molar-refractivity contribution in [2.45, 2.75) is 61.9 Å². The van der Waals surface area contributed by atoms with Gasteiger partial charge in [-0.25, -0.2) is 9.59 Å². The van der Waals surface area contributed by atoms with Gasteiger partial charge in [0.15, 0.2) is 12.5 Å². The van der Waals surface area contributed by atoms with Crippen molar-refractivity contribution in [3.8, 4) is 0 Å². The van der Waals surface area contributed by atoms with Gasteiger partial charge in [0.1, 0.15) is 36.6 Å². The Hall–Kier alpha value is -2.35. The Morgan fingerprint density at radius 2 is 1.74 bits per heavy atom. The molecule has 0 aromatic carbocycles. The minimum absolute atomic E-state index is 0.0220. The fourth-order valence-corrected chi connectivity index (χ4v) is 7.30. The molecule has 0 unspecified atom stereocenters. The zero-order valence-corrected chi connectivity index (χ0v) is 24.2. The Morgan fingerprint density at radius 1 is 1.02 bits per heavy atom. The summed E-state index contributed by atoms with van der Waals surface area (Å²) < 4.78 is 43.1. The van der Waals surface area contributed by atoms with E-state index in [4.69, 9.17) is 44.3 Å². The number of aromatic amines is 2. The van der Waals surface area contributed by atoms with Crippen LogP contribution in [0.25, 0.3) is 0 Å². The molecule has 5 rings (SSSR count). The maximum Gasteiger partial charge on any atom is 0.330 e. The van der Waals surface area contributed by atoms with E-state index in [2.05, 4.69) is 9.97 Å². The van der Waals surface area contributed by atoms with Gasteiger partial charge >= 0.3 is 18.1 Å². The summed E-state index contributed by atoms with van der Waals surface area (Å²) in [6.07, 6.45) is -5.60. The van der Waals surface area contributed by atoms with Crippen molar-refractivity contribution >= 4 is 18.5 Å². The molecule has 5 heterocycles. The highest BCUT2D eigenvalue weighted by molar-refractivity contribution is 8.07. The van der Waals surface area contributed by atoms with Crippen LogP contribution in [0.5, 0.6) is 0 Å². The minimum atomic E-state index is -3.72. The SMILES string of the molecule is CO[C@@H]1[C@H](O)[C@H]2CO[P@](=S)(O[C@H]3[C@@H](OC)[C@H](n4ccc(=O)[nH]c4=O)O[C@@H]3CO)OCCCc3cn(c(=O)[nH]c3=O)[C@@H]1O2. The van der Waals surface area contributed by atoms with Crippen molar-refractivity contribution in [1.29, 1.82) is 0 Å². The second kappa shape index (κ2) is 12.7. The van der Waals surface area contributed by atoms with Crippen molar-refractivity contribution in [3.05, 3.63) is 65.7 Å². The van der Waals surface area contributed by atoms with Gasteiger partial charge in [-0.1, -0.05) is 0 Å². The van der Waals surface area contributed by atoms with E-state index in [1.165, 1.54) is 26.6 Å². The van der Waals surface area contributed by atoms with E-state index in [1.807, 2.05) is 0 Å². The molecule has 0 aliphatic carbocycles. The largest absolute Gasteiger partial charge is 0.394 e. The first-order chi connectivity index (χ1) is 20.1. The minimum Gasteiger partial charge on any atom is -0.394 e. The topological polar surface area (TPSA) is 215 Å². The van der Waals surface area contributed by atoms with Gasteiger partial charge in [0.05, 0.1) is 19.8 Å². The monoisotopic (exact) mass is 634 g/mol. The molecule has 0 amide bonds. The van der Waals surface area contributed by atoms with Crippen LogP contribution in [0.3, 0.4) is 0 Å². The molecule has 0 spiro atoms. The lowest BCUT2D eigenvalue weighted by atomic mass is 10.1. The van der Waals surface area contributed by atoms with Crippen LogP contribution >= 0.6 is 6.72 Å². The van der Waals surface area contributed by atoms with E-state index in [-0.39, 0.29) is 31.6 Å². The Bertz CT molecular complexity index is 1560. The van der Waals surface area contributed by atoms with E-state index >= 15 is 0 Å². The molecule has 4 N–H and O–H groups in total. The molecule has 2 fully saturated rings. The maximum atomic E-state index is 12.6. The molecule has 2 aromatic rings. The number of nitrogens with one attached hydrogen (secondary N) is 2. The van der Waals surface area contributed by atoms with Gasteiger partial charge in [-0.05, 0) is 24.6 Å². The fourth-order valence-electron chi connectivity index (χ4n) is 5.16. The average molecular weight is 635 g/mol. The molecule has 232 valence electrons. The van der Waals surface area contributed by atoms with E-state index in [9.17, 15) is 29.4 Å². The van der Waals surface area contributed by atoms with Gasteiger partial charge in [-0.2, -0.15) is 0 Å². The number of H-pyrrole nitrogens is 2. The Kier molecular flexibility index (Phi) is 9.41. The maximum absolute atomic E-state index is 12.6. The molecule has 0 radical (unpaired) electrons. The van der Waals surface area contributed by atoms with Gasteiger partial charge < -0.3 is 38.2 Å². The van der Waals surface area contributed by atoms with E-state index in [0.29, 0.717) is 0 Å². The average Bonchev–Trinajstić information content (AvgIpc) is 3.46. The molecular weight excluding hydrogens is 603 g/mol. The number of rotatable bonds is 6. The van der Waals surface area contributed by atoms with Crippen molar-refractivity contribution < 1.29 is 42.7 Å². The first kappa shape index (κ1) is 31.1. The number of hydrogen-bond acceptors (Lipinski definition) is 14. The van der Waals surface area contributed by atoms with Crippen molar-refractivity contribution in [1.82, 2.24) is 19.1 Å². The first-order valence-electron chi connectivity index (χ1n) is 13.0. The third-order valence-corrected chi connectivity index (χ3v) is 9.61. The summed E-state index contributed by atoms with van der Waals surface area (Å²) in [5, 5.41) is 21.0. The number of hydrogen-bond donors (Lipinski definition) is 4. The standard InChI is InChI=1S/C23H31N4O13PS/c1-34-17-15(30)13-10-37-41(42,36-7-3-4-11-8-27(20(17)39-13)23(33)25-19(11)31)40-16-12(9-28)38-21(18(16)35-2)26-6-5-14(29)24-22(26)32/h5-6,8,12-13,15-18,20-21,28,30H,3-4,7,9-10H2,1-2H3,(H,24,29,32)(H,25,31,33)/t12-,13-,15-,16-,17-,18-,20-,21-,41+/m1/s1. The highest BCUT2D eigenvalue weighted by Gasteiger charge is 2.51. The summed E-state index contributed by atoms with van der Waals surface area (Å²) in [7, 11) is 2.69. The number of methoxy groups -OCH3 is 2. The zero-order valence-electron chi connectivity index (χ0n) is 22.5. The van der Waals surface area contributed by atoms with Crippen molar-refractivity contribution in [2.75, 3.05) is 34.0 Å². The molecule has 42 heavy (non-hydrogen) atoms. The van der Waals surface area contributed by atoms with Crippen LogP contribution in [0.2, 0.25) is 0 Å². The third kappa shape index (κ3) is 6.02. The number of nitrogens with zero attached hydrogens (tertiary/aromatic N) is 2. The van der Waals surface area contributed by atoms with Crippen LogP contribution < -0.4 is 22.5 Å². The van der Waals surface area contributed by atoms with Crippen LogP contribution in [0.15, 0.2) is 37.6 Å². The summed E-state index contributed by atoms with van der Waals surface area (Å²) in [5.41, 5.74) is -2.42. The van der Waals surface area contributed by atoms with Crippen molar-refractivity contribution in [3.63, 3.8) is 0 Å².